The van der Waals surface area contributed by atoms with Crippen molar-refractivity contribution in [3.63, 3.8) is 0 Å². The molecule has 3 heterocycles. The number of hydrogen-bond acceptors (Lipinski definition) is 5. The molecule has 0 N–H and O–H groups in total. The van der Waals surface area contributed by atoms with Gasteiger partial charge in [-0.15, -0.1) is 6.58 Å². The van der Waals surface area contributed by atoms with Crippen LogP contribution in [0, 0.1) is 11.3 Å². The summed E-state index contributed by atoms with van der Waals surface area (Å²) >= 11 is 0. The van der Waals surface area contributed by atoms with Gasteiger partial charge in [-0.1, -0.05) is 6.08 Å². The number of aromatic nitrogens is 1. The first-order valence-corrected chi connectivity index (χ1v) is 8.79. The number of pyridine rings is 1. The summed E-state index contributed by atoms with van der Waals surface area (Å²) in [4.78, 5) is 23.4. The highest BCUT2D eigenvalue weighted by molar-refractivity contribution is 5.76. The lowest BCUT2D eigenvalue weighted by Crippen LogP contribution is -2.61. The molecule has 1 unspecified atom stereocenters. The Morgan fingerprint density at radius 1 is 1.40 bits per heavy atom. The van der Waals surface area contributed by atoms with E-state index in [4.69, 9.17) is 5.26 Å². The number of carbonyl (C=O) groups excluding carboxylic acids is 1. The third-order valence-electron chi connectivity index (χ3n) is 5.55. The summed E-state index contributed by atoms with van der Waals surface area (Å²) < 4.78 is 0. The fourth-order valence-electron chi connectivity index (χ4n) is 3.90. The average Bonchev–Trinajstić information content (AvgIpc) is 2.79. The number of likely N-dealkylation sites (tertiary alicyclic amines) is 1. The van der Waals surface area contributed by atoms with Crippen molar-refractivity contribution in [1.82, 2.24) is 14.8 Å². The quantitative estimate of drug-likeness (QED) is 0.784. The zero-order valence-corrected chi connectivity index (χ0v) is 14.8. The Morgan fingerprint density at radius 2 is 2.24 bits per heavy atom. The molecule has 3 rings (SSSR count). The Balaban J connectivity index is 1.81. The van der Waals surface area contributed by atoms with Gasteiger partial charge in [-0.3, -0.25) is 9.69 Å². The van der Waals surface area contributed by atoms with E-state index in [0.29, 0.717) is 18.5 Å². The van der Waals surface area contributed by atoms with Crippen LogP contribution in [0.25, 0.3) is 0 Å². The van der Waals surface area contributed by atoms with Gasteiger partial charge in [0, 0.05) is 50.9 Å². The van der Waals surface area contributed by atoms with Crippen molar-refractivity contribution in [2.45, 2.75) is 24.8 Å². The maximum absolute atomic E-state index is 12.4. The standard InChI is InChI=1S/C19H25N5O/c1-3-9-23-10-7-19(6-4-18(23)25)15-24(12-11-22(19)2)17-13-16(14-20)5-8-21-17/h3,5,8,13H,1,4,6-7,9-12,15H2,2H3. The first-order valence-electron chi connectivity index (χ1n) is 8.79. The molecule has 2 saturated heterocycles. The number of nitrogens with zero attached hydrogens (tertiary/aromatic N) is 5. The number of rotatable bonds is 3. The molecule has 25 heavy (non-hydrogen) atoms. The predicted molar refractivity (Wildman–Crippen MR) is 97.2 cm³/mol. The second-order valence-electron chi connectivity index (χ2n) is 6.96. The largest absolute Gasteiger partial charge is 0.353 e. The van der Waals surface area contributed by atoms with Crippen LogP contribution in [0.5, 0.6) is 0 Å². The molecule has 6 heteroatoms. The maximum atomic E-state index is 12.4. The second-order valence-corrected chi connectivity index (χ2v) is 6.96. The van der Waals surface area contributed by atoms with Crippen LogP contribution in [0.1, 0.15) is 24.8 Å². The Labute approximate surface area is 149 Å². The van der Waals surface area contributed by atoms with Gasteiger partial charge < -0.3 is 9.80 Å². The molecule has 2 fully saturated rings. The van der Waals surface area contributed by atoms with Crippen LogP contribution in [-0.4, -0.2) is 66.0 Å². The van der Waals surface area contributed by atoms with Crippen molar-refractivity contribution in [2.75, 3.05) is 44.7 Å². The van der Waals surface area contributed by atoms with Gasteiger partial charge >= 0.3 is 0 Å². The van der Waals surface area contributed by atoms with Gasteiger partial charge in [-0.25, -0.2) is 4.98 Å². The van der Waals surface area contributed by atoms with Crippen molar-refractivity contribution < 1.29 is 4.79 Å². The normalized spacial score (nSPS) is 24.9. The van der Waals surface area contributed by atoms with Crippen molar-refractivity contribution in [1.29, 1.82) is 5.26 Å². The highest BCUT2D eigenvalue weighted by atomic mass is 16.2. The predicted octanol–water partition coefficient (Wildman–Crippen LogP) is 1.64. The van der Waals surface area contributed by atoms with Gasteiger partial charge in [0.05, 0.1) is 11.6 Å². The van der Waals surface area contributed by atoms with Gasteiger partial charge in [0.15, 0.2) is 0 Å². The Hall–Kier alpha value is -2.39. The number of nitriles is 1. The van der Waals surface area contributed by atoms with Gasteiger partial charge in [0.2, 0.25) is 5.91 Å². The summed E-state index contributed by atoms with van der Waals surface area (Å²) in [5, 5.41) is 9.14. The van der Waals surface area contributed by atoms with E-state index >= 15 is 0 Å². The van der Waals surface area contributed by atoms with Crippen LogP contribution in [0.3, 0.4) is 0 Å². The van der Waals surface area contributed by atoms with Gasteiger partial charge in [-0.05, 0) is 32.0 Å². The third kappa shape index (κ3) is 3.52. The van der Waals surface area contributed by atoms with Gasteiger partial charge in [-0.2, -0.15) is 5.26 Å². The van der Waals surface area contributed by atoms with Crippen LogP contribution >= 0.6 is 0 Å². The highest BCUT2D eigenvalue weighted by Gasteiger charge is 2.42. The van der Waals surface area contributed by atoms with E-state index in [-0.39, 0.29) is 11.4 Å². The van der Waals surface area contributed by atoms with Crippen molar-refractivity contribution in [3.8, 4) is 6.07 Å². The first kappa shape index (κ1) is 17.4. The molecule has 6 nitrogen and oxygen atoms in total. The molecule has 1 atom stereocenters. The summed E-state index contributed by atoms with van der Waals surface area (Å²) in [7, 11) is 2.16. The SMILES string of the molecule is C=CCN1CCC2(CCC1=O)CN(c1cc(C#N)ccn1)CCN2C. The smallest absolute Gasteiger partial charge is 0.222 e. The first-order chi connectivity index (χ1) is 12.1. The molecule has 0 radical (unpaired) electrons. The summed E-state index contributed by atoms with van der Waals surface area (Å²) in [5.41, 5.74) is 0.597. The number of likely N-dealkylation sites (N-methyl/N-ethyl adjacent to an activating group) is 1. The average molecular weight is 339 g/mol. The minimum Gasteiger partial charge on any atom is -0.353 e. The van der Waals surface area contributed by atoms with Crippen molar-refractivity contribution in [2.24, 2.45) is 0 Å². The second kappa shape index (κ2) is 7.24. The lowest BCUT2D eigenvalue weighted by molar-refractivity contribution is -0.130. The van der Waals surface area contributed by atoms with Crippen molar-refractivity contribution >= 4 is 11.7 Å². The number of piperazine rings is 1. The van der Waals surface area contributed by atoms with E-state index < -0.39 is 0 Å². The topological polar surface area (TPSA) is 63.5 Å². The lowest BCUT2D eigenvalue weighted by Gasteiger charge is -2.49. The van der Waals surface area contributed by atoms with Crippen LogP contribution in [-0.2, 0) is 4.79 Å². The summed E-state index contributed by atoms with van der Waals surface area (Å²) in [6.45, 7) is 7.78. The zero-order valence-electron chi connectivity index (χ0n) is 14.8. The van der Waals surface area contributed by atoms with E-state index in [1.165, 1.54) is 0 Å². The zero-order chi connectivity index (χ0) is 17.9. The van der Waals surface area contributed by atoms with E-state index in [1.807, 2.05) is 11.0 Å². The molecule has 1 spiro atoms. The van der Waals surface area contributed by atoms with Crippen LogP contribution in [0.15, 0.2) is 31.0 Å². The lowest BCUT2D eigenvalue weighted by atomic mass is 9.86. The van der Waals surface area contributed by atoms with Crippen LogP contribution in [0.2, 0.25) is 0 Å². The number of hydrogen-bond donors (Lipinski definition) is 0. The molecule has 1 aromatic rings. The molecule has 1 aromatic heterocycles. The molecular formula is C19H25N5O. The minimum absolute atomic E-state index is 0.0336. The monoisotopic (exact) mass is 339 g/mol. The summed E-state index contributed by atoms with van der Waals surface area (Å²) in [5.74, 6) is 1.07. The van der Waals surface area contributed by atoms with Crippen LogP contribution < -0.4 is 4.90 Å². The fraction of sp³-hybridized carbons (Fsp3) is 0.526. The molecule has 132 valence electrons. The van der Waals surface area contributed by atoms with E-state index in [0.717, 1.165) is 44.8 Å². The molecule has 0 bridgehead atoms. The van der Waals surface area contributed by atoms with Gasteiger partial charge in [0.1, 0.15) is 5.82 Å². The Kier molecular flexibility index (Phi) is 5.05. The minimum atomic E-state index is -0.0336. The Morgan fingerprint density at radius 3 is 3.00 bits per heavy atom. The number of carbonyl (C=O) groups is 1. The molecular weight excluding hydrogens is 314 g/mol. The molecule has 0 aliphatic carbocycles. The number of amides is 1. The fourth-order valence-corrected chi connectivity index (χ4v) is 3.90. The summed E-state index contributed by atoms with van der Waals surface area (Å²) in [6, 6.07) is 5.77. The Bertz CT molecular complexity index is 697. The summed E-state index contributed by atoms with van der Waals surface area (Å²) in [6.07, 6.45) is 5.85. The number of anilines is 1. The van der Waals surface area contributed by atoms with Crippen LogP contribution in [0.4, 0.5) is 5.82 Å². The van der Waals surface area contributed by atoms with E-state index in [1.54, 1.807) is 18.3 Å². The molecule has 2 aliphatic rings. The molecule has 0 saturated carbocycles. The van der Waals surface area contributed by atoms with E-state index in [9.17, 15) is 4.79 Å². The molecule has 0 aromatic carbocycles. The molecule has 2 aliphatic heterocycles. The highest BCUT2D eigenvalue weighted by Crippen LogP contribution is 2.33. The van der Waals surface area contributed by atoms with Crippen molar-refractivity contribution in [3.05, 3.63) is 36.5 Å². The maximum Gasteiger partial charge on any atom is 0.222 e. The third-order valence-corrected chi connectivity index (χ3v) is 5.55. The van der Waals surface area contributed by atoms with E-state index in [2.05, 4.69) is 34.5 Å². The molecule has 1 amide bonds. The van der Waals surface area contributed by atoms with Gasteiger partial charge in [0.25, 0.3) is 0 Å².